The molecule has 0 aliphatic carbocycles. The minimum atomic E-state index is -1.67. The molecule has 5 amide bonds. The highest BCUT2D eigenvalue weighted by Gasteiger charge is 2.38. The van der Waals surface area contributed by atoms with E-state index in [1.165, 1.54) is 47.9 Å². The van der Waals surface area contributed by atoms with Crippen molar-refractivity contribution in [2.75, 3.05) is 57.7 Å². The third-order valence-corrected chi connectivity index (χ3v) is 16.5. The topological polar surface area (TPSA) is 566 Å². The first-order valence-electron chi connectivity index (χ1n) is 36.1. The molecular formula is C73H92Cl4N20O21S. The number of ether oxygens (including phenoxy) is 3. The Morgan fingerprint density at radius 1 is 0.571 bits per heavy atom. The number of ketones is 3. The van der Waals surface area contributed by atoms with Gasteiger partial charge in [-0.25, -0.2) is 69.1 Å². The zero-order valence-electron chi connectivity index (χ0n) is 66.2. The lowest BCUT2D eigenvalue weighted by Gasteiger charge is -2.32. The van der Waals surface area contributed by atoms with E-state index in [1.807, 2.05) is 41.5 Å². The zero-order chi connectivity index (χ0) is 87.6. The van der Waals surface area contributed by atoms with Crippen LogP contribution < -0.4 is 10.6 Å². The van der Waals surface area contributed by atoms with E-state index in [9.17, 15) is 43.2 Å². The molecule has 2 saturated heterocycles. The number of hydrogen-bond donors (Lipinski definition) is 9. The Kier molecular flexibility index (Phi) is 37.9. The molecule has 9 aromatic heterocycles. The normalized spacial score (nSPS) is 14.5. The van der Waals surface area contributed by atoms with Gasteiger partial charge in [0.2, 0.25) is 9.23 Å². The van der Waals surface area contributed by atoms with Crippen molar-refractivity contribution in [3.63, 3.8) is 0 Å². The van der Waals surface area contributed by atoms with Crippen LogP contribution in [0, 0.1) is 17.0 Å². The molecule has 5 aliphatic heterocycles. The lowest BCUT2D eigenvalue weighted by Crippen LogP contribution is -2.48. The first kappa shape index (κ1) is 96.0. The number of benzene rings is 1. The number of carboxylic acids is 1. The fraction of sp³-hybridized carbons (Fsp3) is 0.425. The number of hydrogen-bond acceptors (Lipinski definition) is 32. The van der Waals surface area contributed by atoms with Crippen molar-refractivity contribution in [2.24, 2.45) is 5.92 Å². The largest absolute Gasteiger partial charge is 0.476 e. The lowest BCUT2D eigenvalue weighted by atomic mass is 9.91. The third-order valence-electron chi connectivity index (χ3n) is 16.0. The maximum atomic E-state index is 12.5. The number of amides is 5. The highest BCUT2D eigenvalue weighted by atomic mass is 36.0. The number of H-pyrrole nitrogens is 3. The molecular weight excluding hydrogens is 1670 g/mol. The Labute approximate surface area is 702 Å². The van der Waals surface area contributed by atoms with Crippen LogP contribution >= 0.6 is 44.6 Å². The second-order valence-electron chi connectivity index (χ2n) is 28.2. The van der Waals surface area contributed by atoms with Crippen LogP contribution in [0.1, 0.15) is 155 Å². The van der Waals surface area contributed by atoms with Gasteiger partial charge in [0.15, 0.2) is 55.5 Å². The molecule has 1 aromatic carbocycles. The van der Waals surface area contributed by atoms with Crippen LogP contribution in [-0.2, 0) is 71.9 Å². The number of aliphatic hydroxyl groups excluding tert-OH is 1. The number of piperidine rings is 2. The highest BCUT2D eigenvalue weighted by Crippen LogP contribution is 2.31. The molecule has 0 saturated carbocycles. The molecule has 15 rings (SSSR count). The van der Waals surface area contributed by atoms with Gasteiger partial charge in [0, 0.05) is 165 Å². The Morgan fingerprint density at radius 2 is 0.966 bits per heavy atom. The Balaban J connectivity index is 0.000000251. The number of oxazole rings is 6. The fourth-order valence-electron chi connectivity index (χ4n) is 10.8. The number of likely N-dealkylation sites (tertiary alicyclic amines) is 2. The molecule has 644 valence electrons. The number of aromatic amines is 3. The average molecular weight is 1760 g/mol. The number of carbonyl (C=O) groups is 9. The first-order chi connectivity index (χ1) is 56.5. The van der Waals surface area contributed by atoms with E-state index in [0.717, 1.165) is 96.7 Å². The highest BCUT2D eigenvalue weighted by molar-refractivity contribution is 8.26. The third kappa shape index (κ3) is 31.9. The predicted octanol–water partition coefficient (Wildman–Crippen LogP) is 13.0. The van der Waals surface area contributed by atoms with Gasteiger partial charge in [-0.2, -0.15) is 15.3 Å². The number of carboxylic acid groups (broad SMARTS) is 1. The molecule has 9 N–H and O–H groups in total. The maximum Gasteiger partial charge on any atom is 0.410 e. The number of nitrogens with one attached hydrogen (secondary N) is 7. The summed E-state index contributed by atoms with van der Waals surface area (Å²) in [5.74, 6) is -2.37. The van der Waals surface area contributed by atoms with Crippen molar-refractivity contribution in [2.45, 2.75) is 144 Å². The average Bonchev–Trinajstić information content (AvgIpc) is 1.65. The van der Waals surface area contributed by atoms with Gasteiger partial charge in [-0.1, -0.05) is 17.7 Å². The summed E-state index contributed by atoms with van der Waals surface area (Å²) in [4.78, 5) is 133. The van der Waals surface area contributed by atoms with Gasteiger partial charge < -0.3 is 81.2 Å². The second-order valence-corrected chi connectivity index (χ2v) is 31.5. The number of aromatic nitrogens is 12. The number of anilines is 1. The molecule has 46 heteroatoms. The molecule has 0 radical (unpaired) electrons. The van der Waals surface area contributed by atoms with E-state index in [0.29, 0.717) is 80.6 Å². The summed E-state index contributed by atoms with van der Waals surface area (Å²) in [7, 11) is 7.36. The van der Waals surface area contributed by atoms with Gasteiger partial charge >= 0.3 is 30.3 Å². The van der Waals surface area contributed by atoms with Crippen molar-refractivity contribution < 1.29 is 99.7 Å². The van der Waals surface area contributed by atoms with Crippen LogP contribution in [0.15, 0.2) is 127 Å². The number of Topliss-reactive ketones (excluding diaryl/α,β-unsaturated/α-hetero) is 3. The monoisotopic (exact) mass is 1760 g/mol. The van der Waals surface area contributed by atoms with Crippen LogP contribution in [-0.4, -0.2) is 217 Å². The molecule has 0 spiro atoms. The van der Waals surface area contributed by atoms with Crippen LogP contribution in [0.5, 0.6) is 0 Å². The van der Waals surface area contributed by atoms with E-state index in [1.54, 1.807) is 85.4 Å². The van der Waals surface area contributed by atoms with Gasteiger partial charge in [-0.05, 0) is 99.0 Å². The fourth-order valence-corrected chi connectivity index (χ4v) is 11.1. The number of fused-ring (bicyclic) bond motifs is 3. The summed E-state index contributed by atoms with van der Waals surface area (Å²) in [6.45, 7) is 23.6. The smallest absolute Gasteiger partial charge is 0.410 e. The van der Waals surface area contributed by atoms with Gasteiger partial charge in [0.05, 0.1) is 13.1 Å². The predicted molar refractivity (Wildman–Crippen MR) is 427 cm³/mol. The summed E-state index contributed by atoms with van der Waals surface area (Å²) in [6, 6.07) is 6.91. The van der Waals surface area contributed by atoms with Crippen molar-refractivity contribution in [3.05, 3.63) is 156 Å². The first-order valence-corrected chi connectivity index (χ1v) is 39.6. The molecule has 10 aromatic rings. The molecule has 1 unspecified atom stereocenters. The maximum absolute atomic E-state index is 12.5. The van der Waals surface area contributed by atoms with Crippen LogP contribution in [0.4, 0.5) is 24.9 Å². The number of urea groups is 1. The van der Waals surface area contributed by atoms with E-state index >= 15 is 0 Å². The van der Waals surface area contributed by atoms with Crippen LogP contribution in [0.3, 0.4) is 0 Å². The molecule has 119 heavy (non-hydrogen) atoms. The summed E-state index contributed by atoms with van der Waals surface area (Å²) in [5, 5.41) is 43.8. The summed E-state index contributed by atoms with van der Waals surface area (Å²) in [6.07, 6.45) is 18.0. The van der Waals surface area contributed by atoms with Crippen molar-refractivity contribution in [1.82, 2.24) is 85.4 Å². The molecule has 2 fully saturated rings. The summed E-state index contributed by atoms with van der Waals surface area (Å²) in [5.41, 5.74) is 20.2. The number of halogens is 4. The van der Waals surface area contributed by atoms with Crippen molar-refractivity contribution in [3.8, 4) is 34.2 Å². The van der Waals surface area contributed by atoms with Gasteiger partial charge in [-0.3, -0.25) is 34.5 Å². The number of carbonyl (C=O) groups excluding carboxylic acids is 8. The van der Waals surface area contributed by atoms with E-state index < -0.39 is 55.0 Å². The second kappa shape index (κ2) is 46.9. The van der Waals surface area contributed by atoms with E-state index in [2.05, 4.69) is 101 Å². The number of aliphatic hydroxyl groups is 1. The Hall–Kier alpha value is -11.8. The number of nitrogens with zero attached hydrogens (tertiary/aromatic N) is 13. The standard InChI is InChI=1S/C16H14ClN5O2.C14H18N4O3.C14H18N2O5.C10H17NO3.C9H10N4O.C4H2ClNO2.C4H3NO3.C2H6O.Cl2OS.H2N2.H2/c17-10-2-1-3-11(6-10)19-16(23)22-5-4-13-12(7-22)15(21-20-13)14-8-24-9-18-14;1-14(2,3)21-13(19)18-5-4-10-9(6-18)12(17-16-10)11-7-20-8-15-11;1-14(2,3)21-13(19)16-5-4-11(17)9(6-16)12(18)10-7-20-8-15-10;1-10(2,3)14-9(13)11-6-4-8(12)5-7-11;1-2-10-3-6-7(1)12-13-9(6)8-4-14-5-11-8;5-4(7)3-1-8-2-6-3;6-4(7)3-1-8-2-5-3;1-2-3;1-4(2)3;1-2;/h1-3,6,8-9H,4-5,7H2,(H,19,23)(H,20,21);7-8H,4-6H2,1-3H3,(H,16,17);7-9H,4-6H2,1-3H3;4-7H2,1-3H3;4-5,10H,1-3H2,(H,12,13);1-2H;1-2H,(H,6,7);3H,2H2,1H3;;1-2H;1H. The van der Waals surface area contributed by atoms with E-state index in [-0.39, 0.29) is 74.4 Å². The minimum absolute atomic E-state index is 0. The number of aromatic carboxylic acids is 1. The molecule has 41 nitrogen and oxygen atoms in total. The summed E-state index contributed by atoms with van der Waals surface area (Å²) >= 11 is 10.9. The van der Waals surface area contributed by atoms with Gasteiger partial charge in [-0.15, -0.1) is 0 Å². The SMILES string of the molecule is CC(C)(C)OC(=O)N1CCC(=O)C(C(=O)c2cocn2)C1.CC(C)(C)OC(=O)N1CCC(=O)CC1.CC(C)(C)OC(=O)N1CCc2[nH]nc(-c3cocn3)c2C1.CCO.N=N.O=C(Cl)c1cocn1.O=C(Nc1cccc(Cl)c1)N1CCc2[nH]nc(-c3cocn3)c2C1.O=C(O)c1cocn1.O=S(Cl)Cl.[HH].c1nc(-c2n[nH]c3c2CNCC3)co1. The van der Waals surface area contributed by atoms with Crippen molar-refractivity contribution in [1.29, 1.82) is 11.1 Å². The Morgan fingerprint density at radius 3 is 1.38 bits per heavy atom. The minimum Gasteiger partial charge on any atom is -0.476 e. The lowest BCUT2D eigenvalue weighted by molar-refractivity contribution is -0.124. The molecule has 1 atom stereocenters. The molecule has 5 aliphatic rings. The Bertz CT molecular complexity index is 4800. The van der Waals surface area contributed by atoms with Crippen LogP contribution in [0.2, 0.25) is 5.02 Å². The van der Waals surface area contributed by atoms with E-state index in [4.69, 9.17) is 80.6 Å². The summed E-state index contributed by atoms with van der Waals surface area (Å²) < 4.78 is 53.5. The van der Waals surface area contributed by atoms with Crippen molar-refractivity contribution >= 4 is 112 Å². The molecule has 0 bridgehead atoms. The quantitative estimate of drug-likeness (QED) is 0.0224. The zero-order valence-corrected chi connectivity index (χ0v) is 70.1. The van der Waals surface area contributed by atoms with Crippen LogP contribution in [0.25, 0.3) is 34.2 Å². The molecule has 14 heterocycles. The van der Waals surface area contributed by atoms with Gasteiger partial charge in [0.1, 0.15) is 112 Å². The number of rotatable bonds is 8. The van der Waals surface area contributed by atoms with Gasteiger partial charge in [0.25, 0.3) is 5.24 Å².